The van der Waals surface area contributed by atoms with E-state index >= 15 is 0 Å². The highest BCUT2D eigenvalue weighted by Crippen LogP contribution is 2.40. The van der Waals surface area contributed by atoms with Crippen molar-refractivity contribution in [2.45, 2.75) is 32.6 Å². The number of hydrogen-bond acceptors (Lipinski definition) is 2. The van der Waals surface area contributed by atoms with Gasteiger partial charge < -0.3 is 5.73 Å². The molecular formula is C14H17N3. The summed E-state index contributed by atoms with van der Waals surface area (Å²) in [6.45, 7) is 4.19. The molecule has 0 saturated heterocycles. The van der Waals surface area contributed by atoms with E-state index in [1.807, 2.05) is 10.7 Å². The Labute approximate surface area is 101 Å². The van der Waals surface area contributed by atoms with Crippen molar-refractivity contribution in [2.75, 3.05) is 5.73 Å². The average molecular weight is 227 g/mol. The lowest BCUT2D eigenvalue weighted by atomic mass is 10.1. The Morgan fingerprint density at radius 3 is 2.35 bits per heavy atom. The molecule has 0 unspecified atom stereocenters. The summed E-state index contributed by atoms with van der Waals surface area (Å²) in [5.41, 5.74) is 10.7. The minimum absolute atomic E-state index is 0.643. The largest absolute Gasteiger partial charge is 0.384 e. The molecule has 3 heteroatoms. The van der Waals surface area contributed by atoms with Crippen LogP contribution in [-0.4, -0.2) is 9.78 Å². The van der Waals surface area contributed by atoms with Crippen LogP contribution >= 0.6 is 0 Å². The van der Waals surface area contributed by atoms with Crippen LogP contribution in [0.4, 0.5) is 5.82 Å². The SMILES string of the molecule is Cc1cc(C)cc(-n2nc(C3CC3)cc2N)c1. The molecule has 1 heterocycles. The molecule has 17 heavy (non-hydrogen) atoms. The molecule has 1 saturated carbocycles. The third-order valence-electron chi connectivity index (χ3n) is 3.20. The number of aryl methyl sites for hydroxylation is 2. The van der Waals surface area contributed by atoms with Gasteiger partial charge in [-0.2, -0.15) is 5.10 Å². The van der Waals surface area contributed by atoms with Gasteiger partial charge in [-0.05, 0) is 49.9 Å². The molecule has 1 fully saturated rings. The third kappa shape index (κ3) is 1.93. The fourth-order valence-electron chi connectivity index (χ4n) is 2.27. The molecule has 3 rings (SSSR count). The van der Waals surface area contributed by atoms with Crippen LogP contribution in [0.2, 0.25) is 0 Å². The predicted octanol–water partition coefficient (Wildman–Crippen LogP) is 2.95. The summed E-state index contributed by atoms with van der Waals surface area (Å²) in [6.07, 6.45) is 2.51. The van der Waals surface area contributed by atoms with Crippen LogP contribution in [0, 0.1) is 13.8 Å². The lowest BCUT2D eigenvalue weighted by Gasteiger charge is -2.06. The molecule has 0 bridgehead atoms. The highest BCUT2D eigenvalue weighted by atomic mass is 15.3. The minimum atomic E-state index is 0.643. The van der Waals surface area contributed by atoms with E-state index in [1.165, 1.54) is 24.0 Å². The van der Waals surface area contributed by atoms with Crippen molar-refractivity contribution in [2.24, 2.45) is 0 Å². The van der Waals surface area contributed by atoms with Crippen LogP contribution in [-0.2, 0) is 0 Å². The molecule has 1 aliphatic rings. The zero-order chi connectivity index (χ0) is 12.0. The van der Waals surface area contributed by atoms with Gasteiger partial charge in [0.15, 0.2) is 0 Å². The number of anilines is 1. The van der Waals surface area contributed by atoms with Gasteiger partial charge in [0.1, 0.15) is 5.82 Å². The molecule has 2 aromatic rings. The van der Waals surface area contributed by atoms with Crippen molar-refractivity contribution in [3.8, 4) is 5.69 Å². The Balaban J connectivity index is 2.07. The second kappa shape index (κ2) is 3.62. The molecule has 0 radical (unpaired) electrons. The summed E-state index contributed by atoms with van der Waals surface area (Å²) in [5, 5.41) is 4.62. The zero-order valence-corrected chi connectivity index (χ0v) is 10.3. The molecule has 1 aromatic heterocycles. The first-order valence-electron chi connectivity index (χ1n) is 6.07. The van der Waals surface area contributed by atoms with Gasteiger partial charge in [-0.25, -0.2) is 4.68 Å². The molecular weight excluding hydrogens is 210 g/mol. The van der Waals surface area contributed by atoms with Crippen molar-refractivity contribution in [1.82, 2.24) is 9.78 Å². The topological polar surface area (TPSA) is 43.8 Å². The van der Waals surface area contributed by atoms with Gasteiger partial charge in [-0.1, -0.05) is 6.07 Å². The van der Waals surface area contributed by atoms with Crippen molar-refractivity contribution in [3.05, 3.63) is 41.1 Å². The van der Waals surface area contributed by atoms with E-state index < -0.39 is 0 Å². The van der Waals surface area contributed by atoms with E-state index in [1.54, 1.807) is 0 Å². The summed E-state index contributed by atoms with van der Waals surface area (Å²) < 4.78 is 1.85. The molecule has 0 amide bonds. The maximum absolute atomic E-state index is 6.04. The number of nitrogens with zero attached hydrogens (tertiary/aromatic N) is 2. The first-order chi connectivity index (χ1) is 8.13. The Morgan fingerprint density at radius 2 is 1.76 bits per heavy atom. The number of benzene rings is 1. The van der Waals surface area contributed by atoms with Gasteiger partial charge in [-0.3, -0.25) is 0 Å². The fourth-order valence-corrected chi connectivity index (χ4v) is 2.27. The van der Waals surface area contributed by atoms with Crippen molar-refractivity contribution in [1.29, 1.82) is 0 Å². The predicted molar refractivity (Wildman–Crippen MR) is 69.4 cm³/mol. The second-order valence-corrected chi connectivity index (χ2v) is 5.03. The van der Waals surface area contributed by atoms with Crippen molar-refractivity contribution in [3.63, 3.8) is 0 Å². The summed E-state index contributed by atoms with van der Waals surface area (Å²) in [7, 11) is 0. The highest BCUT2D eigenvalue weighted by Gasteiger charge is 2.27. The van der Waals surface area contributed by atoms with Gasteiger partial charge in [-0.15, -0.1) is 0 Å². The van der Waals surface area contributed by atoms with E-state index in [9.17, 15) is 0 Å². The summed E-state index contributed by atoms with van der Waals surface area (Å²) >= 11 is 0. The van der Waals surface area contributed by atoms with Gasteiger partial charge in [0, 0.05) is 12.0 Å². The molecule has 3 nitrogen and oxygen atoms in total. The fraction of sp³-hybridized carbons (Fsp3) is 0.357. The number of hydrogen-bond donors (Lipinski definition) is 1. The minimum Gasteiger partial charge on any atom is -0.384 e. The Bertz CT molecular complexity index is 545. The second-order valence-electron chi connectivity index (χ2n) is 5.03. The zero-order valence-electron chi connectivity index (χ0n) is 10.3. The van der Waals surface area contributed by atoms with Gasteiger partial charge >= 0.3 is 0 Å². The van der Waals surface area contributed by atoms with Gasteiger partial charge in [0.25, 0.3) is 0 Å². The van der Waals surface area contributed by atoms with Crippen molar-refractivity contribution < 1.29 is 0 Å². The van der Waals surface area contributed by atoms with Crippen LogP contribution in [0.1, 0.15) is 35.6 Å². The molecule has 1 aromatic carbocycles. The van der Waals surface area contributed by atoms with Crippen LogP contribution in [0.15, 0.2) is 24.3 Å². The average Bonchev–Trinajstić information content (AvgIpc) is 3.01. The molecule has 2 N–H and O–H groups in total. The first-order valence-corrected chi connectivity index (χ1v) is 6.07. The quantitative estimate of drug-likeness (QED) is 0.857. The normalized spacial score (nSPS) is 15.2. The maximum Gasteiger partial charge on any atom is 0.127 e. The number of aromatic nitrogens is 2. The Kier molecular flexibility index (Phi) is 2.21. The van der Waals surface area contributed by atoms with E-state index in [0.29, 0.717) is 5.92 Å². The lowest BCUT2D eigenvalue weighted by Crippen LogP contribution is -2.02. The summed E-state index contributed by atoms with van der Waals surface area (Å²) in [4.78, 5) is 0. The monoisotopic (exact) mass is 227 g/mol. The number of nitrogens with two attached hydrogens (primary N) is 1. The standard InChI is InChI=1S/C14H17N3/c1-9-5-10(2)7-12(6-9)17-14(15)8-13(16-17)11-3-4-11/h5-8,11H,3-4,15H2,1-2H3. The smallest absolute Gasteiger partial charge is 0.127 e. The first kappa shape index (κ1) is 10.4. The number of nitrogen functional groups attached to an aromatic ring is 1. The van der Waals surface area contributed by atoms with Crippen LogP contribution in [0.3, 0.4) is 0 Å². The van der Waals surface area contributed by atoms with E-state index in [-0.39, 0.29) is 0 Å². The van der Waals surface area contributed by atoms with E-state index in [2.05, 4.69) is 37.1 Å². The molecule has 0 atom stereocenters. The van der Waals surface area contributed by atoms with Crippen molar-refractivity contribution >= 4 is 5.82 Å². The summed E-state index contributed by atoms with van der Waals surface area (Å²) in [6, 6.07) is 8.40. The van der Waals surface area contributed by atoms with E-state index in [4.69, 9.17) is 5.73 Å². The molecule has 0 aliphatic heterocycles. The third-order valence-corrected chi connectivity index (χ3v) is 3.20. The Morgan fingerprint density at radius 1 is 1.12 bits per heavy atom. The van der Waals surface area contributed by atoms with Crippen LogP contribution < -0.4 is 5.73 Å². The van der Waals surface area contributed by atoms with E-state index in [0.717, 1.165) is 17.2 Å². The van der Waals surface area contributed by atoms with Gasteiger partial charge in [0.2, 0.25) is 0 Å². The van der Waals surface area contributed by atoms with Crippen LogP contribution in [0.25, 0.3) is 5.69 Å². The van der Waals surface area contributed by atoms with Gasteiger partial charge in [0.05, 0.1) is 11.4 Å². The Hall–Kier alpha value is -1.77. The lowest BCUT2D eigenvalue weighted by molar-refractivity contribution is 0.843. The number of rotatable bonds is 2. The maximum atomic E-state index is 6.04. The molecule has 0 spiro atoms. The van der Waals surface area contributed by atoms with Crippen LogP contribution in [0.5, 0.6) is 0 Å². The highest BCUT2D eigenvalue weighted by molar-refractivity contribution is 5.46. The molecule has 88 valence electrons. The molecule has 1 aliphatic carbocycles. The summed E-state index contributed by atoms with van der Waals surface area (Å²) in [5.74, 6) is 1.38.